The number of anilines is 1. The van der Waals surface area contributed by atoms with Crippen LogP contribution in [0.1, 0.15) is 29.4 Å². The van der Waals surface area contributed by atoms with Crippen molar-refractivity contribution in [1.82, 2.24) is 9.78 Å². The Morgan fingerprint density at radius 2 is 1.79 bits per heavy atom. The normalized spacial score (nSPS) is 10.7. The van der Waals surface area contributed by atoms with Gasteiger partial charge in [0, 0.05) is 17.9 Å². The Hall–Kier alpha value is -1.77. The van der Waals surface area contributed by atoms with Crippen LogP contribution < -0.4 is 5.32 Å². The molecule has 0 spiro atoms. The van der Waals surface area contributed by atoms with Gasteiger partial charge in [0.15, 0.2) is 0 Å². The first-order chi connectivity index (χ1) is 9.11. The van der Waals surface area contributed by atoms with Crippen molar-refractivity contribution in [2.24, 2.45) is 0 Å². The van der Waals surface area contributed by atoms with Crippen molar-refractivity contribution in [3.05, 3.63) is 46.8 Å². The van der Waals surface area contributed by atoms with E-state index in [1.807, 2.05) is 0 Å². The SMILES string of the molecule is CCc1c(C)nn(CCNc2ccc(C)cc2)c1C. The van der Waals surface area contributed by atoms with E-state index in [0.717, 1.165) is 25.2 Å². The van der Waals surface area contributed by atoms with Crippen LogP contribution in [0.5, 0.6) is 0 Å². The zero-order valence-corrected chi connectivity index (χ0v) is 12.3. The second-order valence-corrected chi connectivity index (χ2v) is 5.02. The smallest absolute Gasteiger partial charge is 0.0628 e. The molecule has 2 rings (SSSR count). The molecular formula is C16H23N3. The van der Waals surface area contributed by atoms with Crippen LogP contribution in [0.15, 0.2) is 24.3 Å². The fraction of sp³-hybridized carbons (Fsp3) is 0.438. The number of benzene rings is 1. The Labute approximate surface area is 115 Å². The molecule has 0 aliphatic rings. The third-order valence-electron chi connectivity index (χ3n) is 3.59. The summed E-state index contributed by atoms with van der Waals surface area (Å²) < 4.78 is 2.11. The van der Waals surface area contributed by atoms with Gasteiger partial charge in [-0.3, -0.25) is 4.68 Å². The highest BCUT2D eigenvalue weighted by Gasteiger charge is 2.08. The van der Waals surface area contributed by atoms with Crippen molar-refractivity contribution in [2.45, 2.75) is 40.7 Å². The number of aromatic nitrogens is 2. The number of nitrogens with zero attached hydrogens (tertiary/aromatic N) is 2. The molecule has 0 aliphatic carbocycles. The maximum absolute atomic E-state index is 4.60. The van der Waals surface area contributed by atoms with E-state index in [0.29, 0.717) is 0 Å². The molecule has 0 unspecified atom stereocenters. The van der Waals surface area contributed by atoms with Gasteiger partial charge in [0.1, 0.15) is 0 Å². The summed E-state index contributed by atoms with van der Waals surface area (Å²) in [6.45, 7) is 10.3. The van der Waals surface area contributed by atoms with Gasteiger partial charge in [0.2, 0.25) is 0 Å². The van der Waals surface area contributed by atoms with E-state index in [1.165, 1.54) is 22.5 Å². The molecule has 0 saturated carbocycles. The molecule has 2 aromatic rings. The topological polar surface area (TPSA) is 29.9 Å². The number of aryl methyl sites for hydroxylation is 2. The summed E-state index contributed by atoms with van der Waals surface area (Å²) in [4.78, 5) is 0. The molecule has 102 valence electrons. The predicted octanol–water partition coefficient (Wildman–Crippen LogP) is 3.48. The molecule has 19 heavy (non-hydrogen) atoms. The van der Waals surface area contributed by atoms with E-state index in [4.69, 9.17) is 0 Å². The van der Waals surface area contributed by atoms with E-state index in [1.54, 1.807) is 0 Å². The fourth-order valence-electron chi connectivity index (χ4n) is 2.44. The Kier molecular flexibility index (Phi) is 4.25. The molecule has 0 saturated heterocycles. The number of rotatable bonds is 5. The van der Waals surface area contributed by atoms with Gasteiger partial charge in [0.05, 0.1) is 12.2 Å². The summed E-state index contributed by atoms with van der Waals surface area (Å²) in [7, 11) is 0. The van der Waals surface area contributed by atoms with Crippen molar-refractivity contribution in [3.8, 4) is 0 Å². The van der Waals surface area contributed by atoms with E-state index in [2.05, 4.69) is 67.1 Å². The summed E-state index contributed by atoms with van der Waals surface area (Å²) in [5, 5.41) is 8.04. The zero-order chi connectivity index (χ0) is 13.8. The molecule has 0 bridgehead atoms. The van der Waals surface area contributed by atoms with Gasteiger partial charge in [-0.05, 0) is 44.9 Å². The van der Waals surface area contributed by atoms with Crippen LogP contribution in [0.25, 0.3) is 0 Å². The summed E-state index contributed by atoms with van der Waals surface area (Å²) in [5.74, 6) is 0. The van der Waals surface area contributed by atoms with Gasteiger partial charge in [-0.25, -0.2) is 0 Å². The highest BCUT2D eigenvalue weighted by atomic mass is 15.3. The highest BCUT2D eigenvalue weighted by Crippen LogP contribution is 2.13. The minimum atomic E-state index is 0.897. The lowest BCUT2D eigenvalue weighted by Gasteiger charge is -2.08. The fourth-order valence-corrected chi connectivity index (χ4v) is 2.44. The Balaban J connectivity index is 1.94. The van der Waals surface area contributed by atoms with Crippen molar-refractivity contribution >= 4 is 5.69 Å². The minimum Gasteiger partial charge on any atom is -0.383 e. The molecule has 0 amide bonds. The lowest BCUT2D eigenvalue weighted by molar-refractivity contribution is 0.614. The van der Waals surface area contributed by atoms with Gasteiger partial charge in [-0.1, -0.05) is 24.6 Å². The molecule has 1 aromatic heterocycles. The van der Waals surface area contributed by atoms with Crippen molar-refractivity contribution in [2.75, 3.05) is 11.9 Å². The van der Waals surface area contributed by atoms with Gasteiger partial charge < -0.3 is 5.32 Å². The van der Waals surface area contributed by atoms with Crippen molar-refractivity contribution in [1.29, 1.82) is 0 Å². The Morgan fingerprint density at radius 3 is 2.37 bits per heavy atom. The number of hydrogen-bond acceptors (Lipinski definition) is 2. The van der Waals surface area contributed by atoms with Crippen LogP contribution in [0.2, 0.25) is 0 Å². The molecule has 0 atom stereocenters. The standard InChI is InChI=1S/C16H23N3/c1-5-16-13(3)18-19(14(16)4)11-10-17-15-8-6-12(2)7-9-15/h6-9,17H,5,10-11H2,1-4H3. The van der Waals surface area contributed by atoms with Crippen LogP contribution in [0.3, 0.4) is 0 Å². The molecule has 0 fully saturated rings. The van der Waals surface area contributed by atoms with Crippen LogP contribution in [-0.4, -0.2) is 16.3 Å². The van der Waals surface area contributed by atoms with E-state index in [9.17, 15) is 0 Å². The highest BCUT2D eigenvalue weighted by molar-refractivity contribution is 5.44. The quantitative estimate of drug-likeness (QED) is 0.888. The van der Waals surface area contributed by atoms with E-state index < -0.39 is 0 Å². The Morgan fingerprint density at radius 1 is 1.11 bits per heavy atom. The Bertz CT molecular complexity index is 538. The molecule has 0 aliphatic heterocycles. The van der Waals surface area contributed by atoms with Gasteiger partial charge in [-0.2, -0.15) is 5.10 Å². The molecule has 1 aromatic carbocycles. The summed E-state index contributed by atoms with van der Waals surface area (Å²) in [6, 6.07) is 8.49. The average molecular weight is 257 g/mol. The molecule has 0 radical (unpaired) electrons. The molecule has 3 nitrogen and oxygen atoms in total. The van der Waals surface area contributed by atoms with Gasteiger partial charge in [0.25, 0.3) is 0 Å². The van der Waals surface area contributed by atoms with E-state index >= 15 is 0 Å². The number of nitrogens with one attached hydrogen (secondary N) is 1. The summed E-state index contributed by atoms with van der Waals surface area (Å²) >= 11 is 0. The van der Waals surface area contributed by atoms with Crippen LogP contribution in [0, 0.1) is 20.8 Å². The first-order valence-electron chi connectivity index (χ1n) is 6.95. The first kappa shape index (κ1) is 13.7. The van der Waals surface area contributed by atoms with E-state index in [-0.39, 0.29) is 0 Å². The van der Waals surface area contributed by atoms with Gasteiger partial charge in [-0.15, -0.1) is 0 Å². The van der Waals surface area contributed by atoms with Crippen LogP contribution >= 0.6 is 0 Å². The second kappa shape index (κ2) is 5.91. The minimum absolute atomic E-state index is 0.897. The second-order valence-electron chi connectivity index (χ2n) is 5.02. The number of hydrogen-bond donors (Lipinski definition) is 1. The first-order valence-corrected chi connectivity index (χ1v) is 6.95. The summed E-state index contributed by atoms with van der Waals surface area (Å²) in [6.07, 6.45) is 1.06. The summed E-state index contributed by atoms with van der Waals surface area (Å²) in [5.41, 5.74) is 6.30. The molecule has 3 heteroatoms. The van der Waals surface area contributed by atoms with Crippen molar-refractivity contribution in [3.63, 3.8) is 0 Å². The molecule has 1 heterocycles. The molecular weight excluding hydrogens is 234 g/mol. The third-order valence-corrected chi connectivity index (χ3v) is 3.59. The molecule has 1 N–H and O–H groups in total. The van der Waals surface area contributed by atoms with Gasteiger partial charge >= 0.3 is 0 Å². The maximum atomic E-state index is 4.60. The lowest BCUT2D eigenvalue weighted by Crippen LogP contribution is -2.13. The monoisotopic (exact) mass is 257 g/mol. The maximum Gasteiger partial charge on any atom is 0.0628 e. The zero-order valence-electron chi connectivity index (χ0n) is 12.3. The van der Waals surface area contributed by atoms with Crippen molar-refractivity contribution < 1.29 is 0 Å². The van der Waals surface area contributed by atoms with Crippen LogP contribution in [-0.2, 0) is 13.0 Å². The predicted molar refractivity (Wildman–Crippen MR) is 80.7 cm³/mol. The van der Waals surface area contributed by atoms with Crippen LogP contribution in [0.4, 0.5) is 5.69 Å². The average Bonchev–Trinajstić information content (AvgIpc) is 2.66. The third kappa shape index (κ3) is 3.16. The largest absolute Gasteiger partial charge is 0.383 e. The lowest BCUT2D eigenvalue weighted by atomic mass is 10.1.